The van der Waals surface area contributed by atoms with Crippen LogP contribution in [0.4, 0.5) is 0 Å². The molecule has 1 N–H and O–H groups in total. The molecule has 0 spiro atoms. The van der Waals surface area contributed by atoms with E-state index in [1.807, 2.05) is 0 Å². The van der Waals surface area contributed by atoms with Gasteiger partial charge in [-0.3, -0.25) is 4.79 Å². The molecule has 0 saturated heterocycles. The van der Waals surface area contributed by atoms with Crippen molar-refractivity contribution in [3.63, 3.8) is 0 Å². The minimum Gasteiger partial charge on any atom is -0.545 e. The van der Waals surface area contributed by atoms with Crippen LogP contribution >= 0.6 is 0 Å². The van der Waals surface area contributed by atoms with E-state index < -0.39 is 5.97 Å². The molecule has 0 saturated carbocycles. The van der Waals surface area contributed by atoms with E-state index in [1.165, 1.54) is 18.3 Å². The van der Waals surface area contributed by atoms with Gasteiger partial charge in [0, 0.05) is 6.42 Å². The lowest BCUT2D eigenvalue weighted by Gasteiger charge is -2.01. The standard InChI is InChI=1S/C11H12N2O3/c1-2-10(14)13-12-7-8-3-5-9(6-4-8)11(15)16/h3-7H,2H2,1H3,(H,13,14)(H,15,16)/p-1/b12-7-. The molecule has 0 unspecified atom stereocenters. The van der Waals surface area contributed by atoms with Gasteiger partial charge in [0.2, 0.25) is 5.91 Å². The normalized spacial score (nSPS) is 10.3. The zero-order valence-electron chi connectivity index (χ0n) is 8.77. The minimum atomic E-state index is -1.22. The Morgan fingerprint density at radius 3 is 2.50 bits per heavy atom. The molecule has 5 nitrogen and oxygen atoms in total. The predicted molar refractivity (Wildman–Crippen MR) is 56.8 cm³/mol. The Kier molecular flexibility index (Phi) is 4.20. The summed E-state index contributed by atoms with van der Waals surface area (Å²) in [6.45, 7) is 1.72. The van der Waals surface area contributed by atoms with Crippen molar-refractivity contribution in [2.75, 3.05) is 0 Å². The van der Waals surface area contributed by atoms with Crippen LogP contribution in [0.2, 0.25) is 0 Å². The van der Waals surface area contributed by atoms with Crippen LogP contribution in [0.5, 0.6) is 0 Å². The highest BCUT2D eigenvalue weighted by atomic mass is 16.4. The molecule has 0 aliphatic carbocycles. The molecule has 0 radical (unpaired) electrons. The molecule has 0 bridgehead atoms. The highest BCUT2D eigenvalue weighted by Crippen LogP contribution is 2.00. The third-order valence-electron chi connectivity index (χ3n) is 1.87. The molecule has 0 aliphatic heterocycles. The Bertz CT molecular complexity index is 410. The topological polar surface area (TPSA) is 81.6 Å². The highest BCUT2D eigenvalue weighted by molar-refractivity contribution is 5.88. The monoisotopic (exact) mass is 219 g/mol. The number of amides is 1. The van der Waals surface area contributed by atoms with Crippen LogP contribution in [0.15, 0.2) is 29.4 Å². The summed E-state index contributed by atoms with van der Waals surface area (Å²) >= 11 is 0. The number of hydrogen-bond acceptors (Lipinski definition) is 4. The van der Waals surface area contributed by atoms with E-state index in [0.717, 1.165) is 0 Å². The summed E-state index contributed by atoms with van der Waals surface area (Å²) in [4.78, 5) is 21.3. The lowest BCUT2D eigenvalue weighted by atomic mass is 10.1. The lowest BCUT2D eigenvalue weighted by molar-refractivity contribution is -0.255. The summed E-state index contributed by atoms with van der Waals surface area (Å²) in [5.41, 5.74) is 3.12. The molecular formula is C11H11N2O3-. The van der Waals surface area contributed by atoms with E-state index in [-0.39, 0.29) is 11.5 Å². The molecule has 0 aliphatic rings. The third-order valence-corrected chi connectivity index (χ3v) is 1.87. The van der Waals surface area contributed by atoms with Gasteiger partial charge in [-0.2, -0.15) is 5.10 Å². The van der Waals surface area contributed by atoms with E-state index >= 15 is 0 Å². The molecule has 1 aromatic rings. The molecule has 1 amide bonds. The van der Waals surface area contributed by atoms with Gasteiger partial charge in [0.05, 0.1) is 12.2 Å². The Balaban J connectivity index is 2.61. The van der Waals surface area contributed by atoms with Gasteiger partial charge in [-0.15, -0.1) is 0 Å². The van der Waals surface area contributed by atoms with Crippen molar-refractivity contribution in [3.8, 4) is 0 Å². The minimum absolute atomic E-state index is 0.106. The Morgan fingerprint density at radius 2 is 2.00 bits per heavy atom. The number of benzene rings is 1. The number of carbonyl (C=O) groups excluding carboxylic acids is 2. The number of rotatable bonds is 4. The van der Waals surface area contributed by atoms with Gasteiger partial charge in [-0.1, -0.05) is 31.2 Å². The second-order valence-electron chi connectivity index (χ2n) is 3.06. The number of nitrogens with zero attached hydrogens (tertiary/aromatic N) is 1. The van der Waals surface area contributed by atoms with E-state index in [9.17, 15) is 14.7 Å². The molecule has 5 heteroatoms. The molecule has 1 rings (SSSR count). The van der Waals surface area contributed by atoms with E-state index in [4.69, 9.17) is 0 Å². The third kappa shape index (κ3) is 3.53. The summed E-state index contributed by atoms with van der Waals surface area (Å²) in [7, 11) is 0. The molecular weight excluding hydrogens is 208 g/mol. The highest BCUT2D eigenvalue weighted by Gasteiger charge is 1.94. The van der Waals surface area contributed by atoms with Crippen LogP contribution in [0.3, 0.4) is 0 Å². The second kappa shape index (κ2) is 5.65. The smallest absolute Gasteiger partial charge is 0.239 e. The lowest BCUT2D eigenvalue weighted by Crippen LogP contribution is -2.22. The SMILES string of the molecule is CCC(=O)N/N=C\c1ccc(C(=O)[O-])cc1. The molecule has 1 aromatic carbocycles. The molecule has 0 aromatic heterocycles. The van der Waals surface area contributed by atoms with Crippen LogP contribution in [-0.2, 0) is 4.79 Å². The number of aromatic carboxylic acids is 1. The summed E-state index contributed by atoms with van der Waals surface area (Å²) in [5, 5.41) is 14.2. The fourth-order valence-electron chi connectivity index (χ4n) is 0.963. The van der Waals surface area contributed by atoms with Crippen LogP contribution in [0.25, 0.3) is 0 Å². The van der Waals surface area contributed by atoms with E-state index in [1.54, 1.807) is 19.1 Å². The maximum Gasteiger partial charge on any atom is 0.239 e. The fourth-order valence-corrected chi connectivity index (χ4v) is 0.963. The van der Waals surface area contributed by atoms with Crippen molar-refractivity contribution in [2.45, 2.75) is 13.3 Å². The number of hydrogen-bond donors (Lipinski definition) is 1. The largest absolute Gasteiger partial charge is 0.545 e. The maximum absolute atomic E-state index is 10.8. The van der Waals surface area contributed by atoms with Crippen LogP contribution in [0.1, 0.15) is 29.3 Å². The number of nitrogens with one attached hydrogen (secondary N) is 1. The maximum atomic E-state index is 10.8. The number of carboxylic acid groups (broad SMARTS) is 1. The Hall–Kier alpha value is -2.17. The van der Waals surface area contributed by atoms with Gasteiger partial charge < -0.3 is 9.90 Å². The fraction of sp³-hybridized carbons (Fsp3) is 0.182. The van der Waals surface area contributed by atoms with Gasteiger partial charge in [0.15, 0.2) is 0 Å². The molecule has 84 valence electrons. The van der Waals surface area contributed by atoms with Crippen molar-refractivity contribution in [3.05, 3.63) is 35.4 Å². The first-order valence-electron chi connectivity index (χ1n) is 4.76. The average molecular weight is 219 g/mol. The van der Waals surface area contributed by atoms with E-state index in [2.05, 4.69) is 10.5 Å². The summed E-state index contributed by atoms with van der Waals surface area (Å²) in [6.07, 6.45) is 1.80. The van der Waals surface area contributed by atoms with Gasteiger partial charge in [-0.25, -0.2) is 5.43 Å². The molecule has 0 heterocycles. The zero-order valence-corrected chi connectivity index (χ0v) is 8.77. The second-order valence-corrected chi connectivity index (χ2v) is 3.06. The van der Waals surface area contributed by atoms with Gasteiger partial charge in [0.25, 0.3) is 0 Å². The van der Waals surface area contributed by atoms with Crippen LogP contribution in [-0.4, -0.2) is 18.1 Å². The Morgan fingerprint density at radius 1 is 1.38 bits per heavy atom. The summed E-state index contributed by atoms with van der Waals surface area (Å²) < 4.78 is 0. The van der Waals surface area contributed by atoms with Crippen LogP contribution in [0, 0.1) is 0 Å². The van der Waals surface area contributed by atoms with E-state index in [0.29, 0.717) is 12.0 Å². The molecule has 16 heavy (non-hydrogen) atoms. The number of carbonyl (C=O) groups is 2. The summed E-state index contributed by atoms with van der Waals surface area (Å²) in [6, 6.07) is 5.98. The first-order chi connectivity index (χ1) is 7.63. The van der Waals surface area contributed by atoms with Crippen molar-refractivity contribution < 1.29 is 14.7 Å². The first-order valence-corrected chi connectivity index (χ1v) is 4.76. The van der Waals surface area contributed by atoms with Gasteiger partial charge in [-0.05, 0) is 11.1 Å². The predicted octanol–water partition coefficient (Wildman–Crippen LogP) is -0.0898. The first kappa shape index (κ1) is 11.9. The van der Waals surface area contributed by atoms with Crippen LogP contribution < -0.4 is 10.5 Å². The number of carboxylic acids is 1. The van der Waals surface area contributed by atoms with Gasteiger partial charge in [0.1, 0.15) is 0 Å². The van der Waals surface area contributed by atoms with Crippen molar-refractivity contribution >= 4 is 18.1 Å². The summed E-state index contributed by atoms with van der Waals surface area (Å²) in [5.74, 6) is -1.40. The van der Waals surface area contributed by atoms with Gasteiger partial charge >= 0.3 is 0 Å². The quantitative estimate of drug-likeness (QED) is 0.567. The Labute approximate surface area is 92.8 Å². The van der Waals surface area contributed by atoms with Crippen molar-refractivity contribution in [1.29, 1.82) is 0 Å². The van der Waals surface area contributed by atoms with Crippen molar-refractivity contribution in [1.82, 2.24) is 5.43 Å². The van der Waals surface area contributed by atoms with Crippen molar-refractivity contribution in [2.24, 2.45) is 5.10 Å². The number of hydrazone groups is 1. The zero-order chi connectivity index (χ0) is 12.0. The molecule has 0 fully saturated rings. The average Bonchev–Trinajstić information content (AvgIpc) is 2.29. The molecule has 0 atom stereocenters.